The van der Waals surface area contributed by atoms with E-state index in [1.807, 2.05) is 25.3 Å². The highest BCUT2D eigenvalue weighted by molar-refractivity contribution is 5.67. The lowest BCUT2D eigenvalue weighted by atomic mass is 10.3. The third kappa shape index (κ3) is 1.81. The summed E-state index contributed by atoms with van der Waals surface area (Å²) in [7, 11) is 0. The van der Waals surface area contributed by atoms with E-state index in [0.717, 1.165) is 22.6 Å². The van der Waals surface area contributed by atoms with Gasteiger partial charge in [-0.15, -0.1) is 0 Å². The molecule has 8 heteroatoms. The van der Waals surface area contributed by atoms with Crippen LogP contribution >= 0.6 is 0 Å². The Morgan fingerprint density at radius 1 is 1.09 bits per heavy atom. The molecule has 0 atom stereocenters. The lowest BCUT2D eigenvalue weighted by Gasteiger charge is -2.03. The monoisotopic (exact) mass is 292 g/mol. The van der Waals surface area contributed by atoms with E-state index in [0.29, 0.717) is 11.5 Å². The number of nitrogen functional groups attached to an aromatic ring is 1. The van der Waals surface area contributed by atoms with Gasteiger partial charge in [0.05, 0.1) is 29.5 Å². The minimum absolute atomic E-state index is 0.344. The number of nitrogens with two attached hydrogens (primary N) is 1. The maximum atomic E-state index is 5.80. The van der Waals surface area contributed by atoms with Gasteiger partial charge in [0.25, 0.3) is 0 Å². The first kappa shape index (κ1) is 12.5. The predicted octanol–water partition coefficient (Wildman–Crippen LogP) is 1.26. The summed E-state index contributed by atoms with van der Waals surface area (Å²) >= 11 is 0. The average molecular weight is 292 g/mol. The molecule has 0 spiro atoms. The largest absolute Gasteiger partial charge is 0.381 e. The molecule has 4 aromatic heterocycles. The molecule has 4 heterocycles. The Balaban J connectivity index is 1.84. The number of anilines is 1. The van der Waals surface area contributed by atoms with Crippen molar-refractivity contribution in [3.05, 3.63) is 48.9 Å². The minimum Gasteiger partial charge on any atom is -0.381 e. The molecule has 0 aliphatic carbocycles. The van der Waals surface area contributed by atoms with Gasteiger partial charge in [0.15, 0.2) is 11.5 Å². The fraction of sp³-hybridized carbons (Fsp3) is 0.0714. The van der Waals surface area contributed by atoms with E-state index in [2.05, 4.69) is 25.1 Å². The van der Waals surface area contributed by atoms with Crippen molar-refractivity contribution >= 4 is 11.5 Å². The number of nitrogens with zero attached hydrogens (tertiary/aromatic N) is 7. The molecular weight excluding hydrogens is 280 g/mol. The number of pyridine rings is 1. The van der Waals surface area contributed by atoms with Crippen LogP contribution in [-0.2, 0) is 0 Å². The first-order chi connectivity index (χ1) is 10.7. The molecule has 0 saturated carbocycles. The summed E-state index contributed by atoms with van der Waals surface area (Å²) in [5.41, 5.74) is 9.85. The molecule has 0 aliphatic rings. The van der Waals surface area contributed by atoms with Gasteiger partial charge in [0.2, 0.25) is 0 Å². The zero-order valence-corrected chi connectivity index (χ0v) is 11.7. The first-order valence-corrected chi connectivity index (χ1v) is 6.65. The van der Waals surface area contributed by atoms with Crippen molar-refractivity contribution in [2.24, 2.45) is 0 Å². The molecular formula is C14H12N8. The van der Waals surface area contributed by atoms with Crippen LogP contribution in [0.2, 0.25) is 0 Å². The molecule has 0 aromatic carbocycles. The van der Waals surface area contributed by atoms with Gasteiger partial charge in [0, 0.05) is 18.0 Å². The van der Waals surface area contributed by atoms with Crippen molar-refractivity contribution in [2.45, 2.75) is 6.92 Å². The van der Waals surface area contributed by atoms with Crippen molar-refractivity contribution in [1.29, 1.82) is 0 Å². The summed E-state index contributed by atoms with van der Waals surface area (Å²) in [4.78, 5) is 12.5. The maximum Gasteiger partial charge on any atom is 0.197 e. The fourth-order valence-corrected chi connectivity index (χ4v) is 2.34. The molecule has 4 rings (SSSR count). The van der Waals surface area contributed by atoms with Crippen LogP contribution < -0.4 is 5.73 Å². The van der Waals surface area contributed by atoms with Crippen LogP contribution in [0, 0.1) is 6.92 Å². The Kier molecular flexibility index (Phi) is 2.62. The van der Waals surface area contributed by atoms with E-state index < -0.39 is 0 Å². The maximum absolute atomic E-state index is 5.80. The summed E-state index contributed by atoms with van der Waals surface area (Å²) in [5, 5.41) is 8.58. The smallest absolute Gasteiger partial charge is 0.197 e. The molecule has 0 saturated heterocycles. The summed E-state index contributed by atoms with van der Waals surface area (Å²) in [6.45, 7) is 1.94. The number of imidazole rings is 1. The predicted molar refractivity (Wildman–Crippen MR) is 80.3 cm³/mol. The Bertz CT molecular complexity index is 968. The van der Waals surface area contributed by atoms with E-state index in [4.69, 9.17) is 5.73 Å². The highest BCUT2D eigenvalue weighted by atomic mass is 15.3. The van der Waals surface area contributed by atoms with Crippen LogP contribution in [0.5, 0.6) is 0 Å². The van der Waals surface area contributed by atoms with Gasteiger partial charge in [-0.1, -0.05) is 0 Å². The topological polar surface area (TPSA) is 99.8 Å². The Morgan fingerprint density at radius 3 is 2.86 bits per heavy atom. The van der Waals surface area contributed by atoms with E-state index in [-0.39, 0.29) is 0 Å². The van der Waals surface area contributed by atoms with E-state index in [1.165, 1.54) is 6.33 Å². The quantitative estimate of drug-likeness (QED) is 0.597. The van der Waals surface area contributed by atoms with Crippen LogP contribution in [0.4, 0.5) is 5.82 Å². The number of hydrogen-bond acceptors (Lipinski definition) is 6. The van der Waals surface area contributed by atoms with Crippen molar-refractivity contribution in [1.82, 2.24) is 34.3 Å². The molecule has 0 radical (unpaired) electrons. The third-order valence-electron chi connectivity index (χ3n) is 3.44. The summed E-state index contributed by atoms with van der Waals surface area (Å²) in [6.07, 6.45) is 8.54. The molecule has 22 heavy (non-hydrogen) atoms. The minimum atomic E-state index is 0.344. The molecule has 0 fully saturated rings. The van der Waals surface area contributed by atoms with Gasteiger partial charge >= 0.3 is 0 Å². The second-order valence-corrected chi connectivity index (χ2v) is 4.81. The van der Waals surface area contributed by atoms with Gasteiger partial charge in [-0.25, -0.2) is 19.2 Å². The highest BCUT2D eigenvalue weighted by Crippen LogP contribution is 2.22. The van der Waals surface area contributed by atoms with Crippen molar-refractivity contribution in [3.63, 3.8) is 0 Å². The SMILES string of the molecule is Cc1ncccc1-n1cc(-c2cnc3c(N)ncnn23)cn1. The lowest BCUT2D eigenvalue weighted by molar-refractivity contribution is 0.861. The number of hydrogen-bond donors (Lipinski definition) is 1. The summed E-state index contributed by atoms with van der Waals surface area (Å²) in [5.74, 6) is 0.344. The van der Waals surface area contributed by atoms with Crippen molar-refractivity contribution in [2.75, 3.05) is 5.73 Å². The fourth-order valence-electron chi connectivity index (χ4n) is 2.34. The number of rotatable bonds is 2. The average Bonchev–Trinajstić information content (AvgIpc) is 3.14. The van der Waals surface area contributed by atoms with Crippen LogP contribution in [0.15, 0.2) is 43.2 Å². The Morgan fingerprint density at radius 2 is 2.00 bits per heavy atom. The number of fused-ring (bicyclic) bond motifs is 1. The molecule has 0 bridgehead atoms. The summed E-state index contributed by atoms with van der Waals surface area (Å²) in [6, 6.07) is 3.85. The van der Waals surface area contributed by atoms with Crippen molar-refractivity contribution < 1.29 is 0 Å². The van der Waals surface area contributed by atoms with Crippen LogP contribution in [0.1, 0.15) is 5.69 Å². The second kappa shape index (κ2) is 4.62. The first-order valence-electron chi connectivity index (χ1n) is 6.65. The molecule has 108 valence electrons. The van der Waals surface area contributed by atoms with Gasteiger partial charge in [-0.05, 0) is 19.1 Å². The molecule has 2 N–H and O–H groups in total. The zero-order valence-electron chi connectivity index (χ0n) is 11.7. The number of aromatic nitrogens is 7. The zero-order chi connectivity index (χ0) is 15.1. The third-order valence-corrected chi connectivity index (χ3v) is 3.44. The molecule has 0 amide bonds. The Labute approximate surface area is 125 Å². The van der Waals surface area contributed by atoms with Crippen LogP contribution in [0.3, 0.4) is 0 Å². The van der Waals surface area contributed by atoms with E-state index in [1.54, 1.807) is 27.8 Å². The van der Waals surface area contributed by atoms with Gasteiger partial charge in [-0.3, -0.25) is 4.98 Å². The van der Waals surface area contributed by atoms with Crippen LogP contribution in [0.25, 0.3) is 22.6 Å². The molecule has 0 unspecified atom stereocenters. The van der Waals surface area contributed by atoms with Crippen molar-refractivity contribution in [3.8, 4) is 16.9 Å². The Hall–Kier alpha value is -3.29. The number of aryl methyl sites for hydroxylation is 1. The lowest BCUT2D eigenvalue weighted by Crippen LogP contribution is -2.00. The summed E-state index contributed by atoms with van der Waals surface area (Å²) < 4.78 is 3.43. The molecule has 4 aromatic rings. The normalized spacial score (nSPS) is 11.1. The standard InChI is InChI=1S/C14H12N8/c1-9-11(3-2-4-16-9)21-7-10(5-19-21)12-6-17-14-13(15)18-8-20-22(12)14/h2-8H,1H3,(H2,15,18,20). The van der Waals surface area contributed by atoms with Gasteiger partial charge < -0.3 is 5.73 Å². The van der Waals surface area contributed by atoms with Gasteiger partial charge in [0.1, 0.15) is 6.33 Å². The highest BCUT2D eigenvalue weighted by Gasteiger charge is 2.12. The molecule has 0 aliphatic heterocycles. The van der Waals surface area contributed by atoms with E-state index in [9.17, 15) is 0 Å². The molecule has 8 nitrogen and oxygen atoms in total. The second-order valence-electron chi connectivity index (χ2n) is 4.81. The van der Waals surface area contributed by atoms with Gasteiger partial charge in [-0.2, -0.15) is 10.2 Å². The van der Waals surface area contributed by atoms with Crippen LogP contribution in [-0.4, -0.2) is 34.3 Å². The van der Waals surface area contributed by atoms with E-state index >= 15 is 0 Å².